The standard InChI is InChI=1S/C27H36N2O5S/c1-2-3-4-5-6-10-17-35-24-28-18-22(19-29-24)21-11-13-23(14-12-21)27(33-25(30)31)20-32-26(34-27)15-8-7-9-16-26/h11-14,18-19H,2-10,15-17,20H2,1H3,(H,30,31)/t27-/m1/s1. The van der Waals surface area contributed by atoms with E-state index in [1.54, 1.807) is 11.8 Å². The van der Waals surface area contributed by atoms with Gasteiger partial charge in [0.05, 0.1) is 0 Å². The lowest BCUT2D eigenvalue weighted by Gasteiger charge is -2.34. The van der Waals surface area contributed by atoms with Crippen LogP contribution in [-0.4, -0.2) is 39.4 Å². The van der Waals surface area contributed by atoms with Crippen molar-refractivity contribution < 1.29 is 24.1 Å². The van der Waals surface area contributed by atoms with E-state index in [0.29, 0.717) is 5.56 Å². The number of aromatic nitrogens is 2. The highest BCUT2D eigenvalue weighted by Gasteiger charge is 2.54. The van der Waals surface area contributed by atoms with Gasteiger partial charge in [0, 0.05) is 42.1 Å². The maximum absolute atomic E-state index is 11.5. The Balaban J connectivity index is 1.37. The van der Waals surface area contributed by atoms with E-state index in [1.807, 2.05) is 36.7 Å². The van der Waals surface area contributed by atoms with Gasteiger partial charge in [0.2, 0.25) is 0 Å². The van der Waals surface area contributed by atoms with Crippen molar-refractivity contribution in [2.75, 3.05) is 12.4 Å². The summed E-state index contributed by atoms with van der Waals surface area (Å²) in [6.07, 6.45) is 14.6. The van der Waals surface area contributed by atoms with Gasteiger partial charge in [-0.1, -0.05) is 81.5 Å². The molecular weight excluding hydrogens is 464 g/mol. The number of nitrogens with zero attached hydrogens (tertiary/aromatic N) is 2. The number of rotatable bonds is 11. The number of hydrogen-bond donors (Lipinski definition) is 1. The van der Waals surface area contributed by atoms with E-state index in [9.17, 15) is 9.90 Å². The van der Waals surface area contributed by atoms with E-state index < -0.39 is 17.7 Å². The predicted octanol–water partition coefficient (Wildman–Crippen LogP) is 7.15. The van der Waals surface area contributed by atoms with Crippen molar-refractivity contribution >= 4 is 17.9 Å². The third-order valence-electron chi connectivity index (χ3n) is 6.76. The monoisotopic (exact) mass is 500 g/mol. The molecule has 2 aromatic rings. The Kier molecular flexibility index (Phi) is 9.03. The molecule has 1 spiro atoms. The third kappa shape index (κ3) is 6.74. The SMILES string of the molecule is CCCCCCCCSc1ncc(-c2ccc([C@@]3(OC(=O)O)COC4(CCCCC4)O3)cc2)cn1. The summed E-state index contributed by atoms with van der Waals surface area (Å²) in [6.45, 7) is 2.28. The molecular formula is C27H36N2O5S. The van der Waals surface area contributed by atoms with E-state index in [1.165, 1.54) is 38.5 Å². The zero-order valence-corrected chi connectivity index (χ0v) is 21.4. The van der Waals surface area contributed by atoms with Crippen LogP contribution in [0, 0.1) is 0 Å². The normalized spacial score (nSPS) is 21.3. The quantitative estimate of drug-likeness (QED) is 0.150. The van der Waals surface area contributed by atoms with Gasteiger partial charge < -0.3 is 19.3 Å². The molecule has 0 radical (unpaired) electrons. The molecule has 1 aromatic carbocycles. The molecule has 1 aromatic heterocycles. The van der Waals surface area contributed by atoms with Crippen molar-refractivity contribution in [1.82, 2.24) is 9.97 Å². The van der Waals surface area contributed by atoms with Crippen LogP contribution in [0.4, 0.5) is 4.79 Å². The van der Waals surface area contributed by atoms with Crippen LogP contribution >= 0.6 is 11.8 Å². The molecule has 0 unspecified atom stereocenters. The van der Waals surface area contributed by atoms with Gasteiger partial charge in [-0.15, -0.1) is 0 Å². The molecule has 2 fully saturated rings. The summed E-state index contributed by atoms with van der Waals surface area (Å²) in [6, 6.07) is 7.51. The second-order valence-electron chi connectivity index (χ2n) is 9.43. The van der Waals surface area contributed by atoms with Gasteiger partial charge >= 0.3 is 6.16 Å². The lowest BCUT2D eigenvalue weighted by Crippen LogP contribution is -2.39. The van der Waals surface area contributed by atoms with E-state index in [4.69, 9.17) is 14.2 Å². The van der Waals surface area contributed by atoms with Gasteiger partial charge in [-0.3, -0.25) is 0 Å². The van der Waals surface area contributed by atoms with Crippen LogP contribution in [-0.2, 0) is 20.0 Å². The second-order valence-corrected chi connectivity index (χ2v) is 10.5. The Hall–Kier alpha value is -2.16. The van der Waals surface area contributed by atoms with E-state index in [2.05, 4.69) is 16.9 Å². The number of unbranched alkanes of at least 4 members (excludes halogenated alkanes) is 5. The minimum Gasteiger partial charge on any atom is -0.450 e. The first kappa shape index (κ1) is 25.9. The molecule has 1 atom stereocenters. The first-order valence-corrected chi connectivity index (χ1v) is 13.8. The molecule has 2 heterocycles. The molecule has 190 valence electrons. The van der Waals surface area contributed by atoms with Crippen LogP contribution in [0.1, 0.15) is 83.1 Å². The van der Waals surface area contributed by atoms with Crippen LogP contribution in [0.5, 0.6) is 0 Å². The van der Waals surface area contributed by atoms with E-state index in [0.717, 1.165) is 54.1 Å². The molecule has 1 aliphatic carbocycles. The molecule has 1 N–H and O–H groups in total. The van der Waals surface area contributed by atoms with Crippen LogP contribution in [0.2, 0.25) is 0 Å². The Bertz CT molecular complexity index is 947. The Morgan fingerprint density at radius 1 is 1.00 bits per heavy atom. The summed E-state index contributed by atoms with van der Waals surface area (Å²) in [4.78, 5) is 20.5. The topological polar surface area (TPSA) is 90.8 Å². The van der Waals surface area contributed by atoms with Crippen molar-refractivity contribution in [3.8, 4) is 11.1 Å². The molecule has 1 aliphatic heterocycles. The molecule has 1 saturated carbocycles. The number of carbonyl (C=O) groups is 1. The van der Waals surface area contributed by atoms with Crippen molar-refractivity contribution in [3.63, 3.8) is 0 Å². The average Bonchev–Trinajstić information content (AvgIpc) is 3.22. The van der Waals surface area contributed by atoms with Crippen LogP contribution in [0.15, 0.2) is 41.8 Å². The van der Waals surface area contributed by atoms with E-state index in [-0.39, 0.29) is 6.61 Å². The fraction of sp³-hybridized carbons (Fsp3) is 0.593. The highest BCUT2D eigenvalue weighted by molar-refractivity contribution is 7.99. The Morgan fingerprint density at radius 2 is 1.69 bits per heavy atom. The largest absolute Gasteiger partial charge is 0.508 e. The highest BCUT2D eigenvalue weighted by atomic mass is 32.2. The maximum atomic E-state index is 11.5. The summed E-state index contributed by atoms with van der Waals surface area (Å²) in [5, 5.41) is 10.2. The molecule has 35 heavy (non-hydrogen) atoms. The molecule has 1 saturated heterocycles. The first-order valence-electron chi connectivity index (χ1n) is 12.9. The van der Waals surface area contributed by atoms with Crippen LogP contribution in [0.3, 0.4) is 0 Å². The summed E-state index contributed by atoms with van der Waals surface area (Å²) in [7, 11) is 0. The van der Waals surface area contributed by atoms with E-state index >= 15 is 0 Å². The number of thioether (sulfide) groups is 1. The molecule has 4 rings (SSSR count). The lowest BCUT2D eigenvalue weighted by atomic mass is 9.94. The van der Waals surface area contributed by atoms with Crippen molar-refractivity contribution in [1.29, 1.82) is 0 Å². The molecule has 0 amide bonds. The third-order valence-corrected chi connectivity index (χ3v) is 7.72. The van der Waals surface area contributed by atoms with Gasteiger partial charge in [-0.2, -0.15) is 0 Å². The predicted molar refractivity (Wildman–Crippen MR) is 135 cm³/mol. The smallest absolute Gasteiger partial charge is 0.450 e. The van der Waals surface area contributed by atoms with Gasteiger partial charge in [0.15, 0.2) is 10.9 Å². The number of benzene rings is 1. The molecule has 2 aliphatic rings. The van der Waals surface area contributed by atoms with Crippen LogP contribution < -0.4 is 0 Å². The zero-order valence-electron chi connectivity index (χ0n) is 20.5. The van der Waals surface area contributed by atoms with Crippen molar-refractivity contribution in [2.45, 2.75) is 94.3 Å². The minimum absolute atomic E-state index is 0.0479. The fourth-order valence-corrected chi connectivity index (χ4v) is 5.60. The average molecular weight is 501 g/mol. The molecule has 7 nitrogen and oxygen atoms in total. The van der Waals surface area contributed by atoms with Gasteiger partial charge in [0.25, 0.3) is 5.79 Å². The molecule has 8 heteroatoms. The summed E-state index contributed by atoms with van der Waals surface area (Å²) >= 11 is 1.70. The number of hydrogen-bond acceptors (Lipinski definition) is 7. The van der Waals surface area contributed by atoms with Crippen LogP contribution in [0.25, 0.3) is 11.1 Å². The van der Waals surface area contributed by atoms with Gasteiger partial charge in [-0.25, -0.2) is 14.8 Å². The summed E-state index contributed by atoms with van der Waals surface area (Å²) < 4.78 is 17.6. The second kappa shape index (κ2) is 12.2. The van der Waals surface area contributed by atoms with Gasteiger partial charge in [-0.05, 0) is 24.8 Å². The summed E-state index contributed by atoms with van der Waals surface area (Å²) in [5.41, 5.74) is 2.47. The first-order chi connectivity index (χ1) is 17.0. The highest BCUT2D eigenvalue weighted by Crippen LogP contribution is 2.47. The summed E-state index contributed by atoms with van der Waals surface area (Å²) in [5.74, 6) is -1.17. The van der Waals surface area contributed by atoms with Gasteiger partial charge in [0.1, 0.15) is 6.61 Å². The Morgan fingerprint density at radius 3 is 2.37 bits per heavy atom. The fourth-order valence-electron chi connectivity index (χ4n) is 4.82. The van der Waals surface area contributed by atoms with Crippen molar-refractivity contribution in [3.05, 3.63) is 42.2 Å². The number of ether oxygens (including phenoxy) is 3. The molecule has 0 bridgehead atoms. The van der Waals surface area contributed by atoms with Crippen molar-refractivity contribution in [2.24, 2.45) is 0 Å². The minimum atomic E-state index is -1.45. The Labute approximate surface area is 212 Å². The maximum Gasteiger partial charge on any atom is 0.508 e. The zero-order chi connectivity index (χ0) is 24.6. The lowest BCUT2D eigenvalue weighted by molar-refractivity contribution is -0.264. The number of carboxylic acid groups (broad SMARTS) is 1.